The van der Waals surface area contributed by atoms with Crippen LogP contribution in [0.4, 0.5) is 18.9 Å². The zero-order valence-electron chi connectivity index (χ0n) is 22.1. The maximum Gasteiger partial charge on any atom is 0.347 e. The SMILES string of the molecule is Cc1cc(C)nc(O[C@H](C(=O)O)[C@@]2(c3ccccc3)NCC(=O)N(Cc3c(F)cc(F)cc3F)c3ccccc32)n1. The fraction of sp³-hybridized carbons (Fsp3) is 0.200. The van der Waals surface area contributed by atoms with E-state index < -0.39 is 59.6 Å². The number of rotatable bonds is 7. The van der Waals surface area contributed by atoms with Gasteiger partial charge in [0.2, 0.25) is 12.0 Å². The number of nitrogens with zero attached hydrogens (tertiary/aromatic N) is 3. The number of para-hydroxylation sites is 1. The maximum absolute atomic E-state index is 14.7. The zero-order valence-corrected chi connectivity index (χ0v) is 22.1. The average Bonchev–Trinajstić information content (AvgIpc) is 3.04. The molecule has 1 aromatic heterocycles. The number of ether oxygens (including phenoxy) is 1. The highest BCUT2D eigenvalue weighted by Gasteiger charge is 2.52. The molecule has 0 fully saturated rings. The monoisotopic (exact) mass is 562 g/mol. The van der Waals surface area contributed by atoms with Gasteiger partial charge in [-0.05, 0) is 31.5 Å². The van der Waals surface area contributed by atoms with Crippen molar-refractivity contribution in [3.05, 3.63) is 118 Å². The molecule has 210 valence electrons. The summed E-state index contributed by atoms with van der Waals surface area (Å²) in [6, 6.07) is 17.6. The average molecular weight is 563 g/mol. The van der Waals surface area contributed by atoms with Crippen molar-refractivity contribution in [1.82, 2.24) is 15.3 Å². The first kappa shape index (κ1) is 27.8. The molecule has 3 aromatic carbocycles. The number of fused-ring (bicyclic) bond motifs is 1. The highest BCUT2D eigenvalue weighted by molar-refractivity contribution is 5.97. The van der Waals surface area contributed by atoms with E-state index in [4.69, 9.17) is 4.74 Å². The Morgan fingerprint density at radius 2 is 1.61 bits per heavy atom. The molecule has 0 unspecified atom stereocenters. The van der Waals surface area contributed by atoms with Gasteiger partial charge in [0.1, 0.15) is 23.0 Å². The molecule has 0 bridgehead atoms. The number of anilines is 1. The number of hydrogen-bond acceptors (Lipinski definition) is 6. The topological polar surface area (TPSA) is 105 Å². The molecule has 2 heterocycles. The van der Waals surface area contributed by atoms with Gasteiger partial charge >= 0.3 is 12.0 Å². The Morgan fingerprint density at radius 3 is 2.24 bits per heavy atom. The van der Waals surface area contributed by atoms with Gasteiger partial charge in [-0.1, -0.05) is 48.5 Å². The van der Waals surface area contributed by atoms with Gasteiger partial charge in [-0.15, -0.1) is 0 Å². The minimum Gasteiger partial charge on any atom is -0.478 e. The molecular weight excluding hydrogens is 537 g/mol. The Morgan fingerprint density at radius 1 is 1.00 bits per heavy atom. The van der Waals surface area contributed by atoms with E-state index in [2.05, 4.69) is 15.3 Å². The number of carbonyl (C=O) groups is 2. The van der Waals surface area contributed by atoms with Gasteiger partial charge in [0.25, 0.3) is 0 Å². The van der Waals surface area contributed by atoms with Gasteiger partial charge in [0, 0.05) is 40.3 Å². The lowest BCUT2D eigenvalue weighted by Crippen LogP contribution is -2.58. The number of aliphatic carboxylic acids is 1. The quantitative estimate of drug-likeness (QED) is 0.344. The number of aromatic nitrogens is 2. The summed E-state index contributed by atoms with van der Waals surface area (Å²) in [4.78, 5) is 36.2. The largest absolute Gasteiger partial charge is 0.478 e. The predicted octanol–water partition coefficient (Wildman–Crippen LogP) is 4.42. The van der Waals surface area contributed by atoms with Gasteiger partial charge in [0.15, 0.2) is 0 Å². The minimum absolute atomic E-state index is 0.174. The summed E-state index contributed by atoms with van der Waals surface area (Å²) in [7, 11) is 0. The van der Waals surface area contributed by atoms with Crippen LogP contribution in [0.15, 0.2) is 72.8 Å². The molecule has 2 N–H and O–H groups in total. The van der Waals surface area contributed by atoms with Crippen molar-refractivity contribution in [1.29, 1.82) is 0 Å². The van der Waals surface area contributed by atoms with Crippen LogP contribution in [0.2, 0.25) is 0 Å². The normalized spacial score (nSPS) is 17.5. The Balaban J connectivity index is 1.73. The number of carbonyl (C=O) groups excluding carboxylic acids is 1. The van der Waals surface area contributed by atoms with Gasteiger partial charge in [-0.25, -0.2) is 27.9 Å². The first-order chi connectivity index (χ1) is 19.6. The smallest absolute Gasteiger partial charge is 0.347 e. The van der Waals surface area contributed by atoms with Crippen LogP contribution in [0.1, 0.15) is 28.1 Å². The van der Waals surface area contributed by atoms with Gasteiger partial charge < -0.3 is 14.7 Å². The molecule has 41 heavy (non-hydrogen) atoms. The Labute approximate surface area is 233 Å². The van der Waals surface area contributed by atoms with Gasteiger partial charge in [-0.2, -0.15) is 0 Å². The van der Waals surface area contributed by atoms with Crippen molar-refractivity contribution in [2.45, 2.75) is 32.0 Å². The van der Waals surface area contributed by atoms with Crippen molar-refractivity contribution in [3.63, 3.8) is 0 Å². The molecule has 0 radical (unpaired) electrons. The molecule has 1 aliphatic rings. The molecule has 1 aliphatic heterocycles. The standard InChI is InChI=1S/C30H25F3N4O4/c1-17-12-18(2)36-29(35-17)41-27(28(39)40)30(19-8-4-3-5-9-19)22-10-6-7-11-25(22)37(26(38)15-34-30)16-21-23(32)13-20(31)14-24(21)33/h3-14,27,34H,15-16H2,1-2H3,(H,39,40)/t27-,30+/m1/s1. The van der Waals surface area contributed by atoms with E-state index >= 15 is 0 Å². The van der Waals surface area contributed by atoms with Crippen molar-refractivity contribution in [2.75, 3.05) is 11.4 Å². The molecule has 0 saturated carbocycles. The van der Waals surface area contributed by atoms with E-state index in [1.807, 2.05) is 0 Å². The number of benzene rings is 3. The summed E-state index contributed by atoms with van der Waals surface area (Å²) in [5, 5.41) is 13.7. The number of carboxylic acid groups (broad SMARTS) is 1. The molecule has 11 heteroatoms. The number of aryl methyl sites for hydroxylation is 2. The lowest BCUT2D eigenvalue weighted by molar-refractivity contribution is -0.149. The van der Waals surface area contributed by atoms with E-state index in [9.17, 15) is 27.9 Å². The molecule has 2 atom stereocenters. The number of halogens is 3. The first-order valence-electron chi connectivity index (χ1n) is 12.7. The summed E-state index contributed by atoms with van der Waals surface area (Å²) in [5.74, 6) is -5.39. The molecule has 5 rings (SSSR count). The summed E-state index contributed by atoms with van der Waals surface area (Å²) in [6.45, 7) is 2.43. The highest BCUT2D eigenvalue weighted by atomic mass is 19.1. The number of carboxylic acids is 1. The molecule has 0 aliphatic carbocycles. The van der Waals surface area contributed by atoms with E-state index in [1.54, 1.807) is 74.5 Å². The third-order valence-electron chi connectivity index (χ3n) is 6.89. The predicted molar refractivity (Wildman–Crippen MR) is 143 cm³/mol. The summed E-state index contributed by atoms with van der Waals surface area (Å²) in [6.07, 6.45) is -1.71. The zero-order chi connectivity index (χ0) is 29.3. The number of amides is 1. The van der Waals surface area contributed by atoms with Crippen LogP contribution in [-0.2, 0) is 21.7 Å². The highest BCUT2D eigenvalue weighted by Crippen LogP contribution is 2.42. The summed E-state index contributed by atoms with van der Waals surface area (Å²) < 4.78 is 49.0. The van der Waals surface area contributed by atoms with Crippen LogP contribution in [0.5, 0.6) is 6.01 Å². The summed E-state index contributed by atoms with van der Waals surface area (Å²) in [5.41, 5.74) is -0.180. The molecule has 1 amide bonds. The van der Waals surface area contributed by atoms with Crippen molar-refractivity contribution in [3.8, 4) is 6.01 Å². The Bertz CT molecular complexity index is 1590. The number of hydrogen-bond donors (Lipinski definition) is 2. The molecular formula is C30H25F3N4O4. The minimum atomic E-state index is -1.71. The van der Waals surface area contributed by atoms with Crippen molar-refractivity contribution in [2.24, 2.45) is 0 Å². The lowest BCUT2D eigenvalue weighted by atomic mass is 9.77. The fourth-order valence-corrected chi connectivity index (χ4v) is 5.16. The second-order valence-corrected chi connectivity index (χ2v) is 9.64. The fourth-order valence-electron chi connectivity index (χ4n) is 5.16. The van der Waals surface area contributed by atoms with Gasteiger partial charge in [0.05, 0.1) is 13.1 Å². The van der Waals surface area contributed by atoms with Crippen LogP contribution >= 0.6 is 0 Å². The maximum atomic E-state index is 14.7. The van der Waals surface area contributed by atoms with E-state index in [0.29, 0.717) is 29.1 Å². The first-order valence-corrected chi connectivity index (χ1v) is 12.7. The molecule has 4 aromatic rings. The second kappa shape index (κ2) is 11.0. The Hall–Kier alpha value is -4.77. The molecule has 0 spiro atoms. The third kappa shape index (κ3) is 5.23. The Kier molecular flexibility index (Phi) is 7.46. The van der Waals surface area contributed by atoms with E-state index in [0.717, 1.165) is 4.90 Å². The van der Waals surface area contributed by atoms with Crippen LogP contribution in [0.25, 0.3) is 0 Å². The van der Waals surface area contributed by atoms with Crippen LogP contribution < -0.4 is 15.0 Å². The summed E-state index contributed by atoms with van der Waals surface area (Å²) >= 11 is 0. The van der Waals surface area contributed by atoms with Crippen LogP contribution in [0, 0.1) is 31.3 Å². The third-order valence-corrected chi connectivity index (χ3v) is 6.89. The van der Waals surface area contributed by atoms with Crippen LogP contribution in [0.3, 0.4) is 0 Å². The van der Waals surface area contributed by atoms with Gasteiger partial charge in [-0.3, -0.25) is 10.1 Å². The lowest BCUT2D eigenvalue weighted by Gasteiger charge is -2.39. The molecule has 8 nitrogen and oxygen atoms in total. The van der Waals surface area contributed by atoms with E-state index in [1.165, 1.54) is 0 Å². The van der Waals surface area contributed by atoms with E-state index in [-0.39, 0.29) is 17.3 Å². The van der Waals surface area contributed by atoms with Crippen LogP contribution in [-0.4, -0.2) is 39.6 Å². The van der Waals surface area contributed by atoms with Crippen molar-refractivity contribution >= 4 is 17.6 Å². The molecule has 0 saturated heterocycles. The van der Waals surface area contributed by atoms with Crippen molar-refractivity contribution < 1.29 is 32.6 Å². The number of nitrogens with one attached hydrogen (secondary N) is 1. The second-order valence-electron chi connectivity index (χ2n) is 9.64.